The Morgan fingerprint density at radius 3 is 1.78 bits per heavy atom. The maximum absolute atomic E-state index is 14.0. The maximum Gasteiger partial charge on any atom is 0.325 e. The smallest absolute Gasteiger partial charge is 0.325 e. The van der Waals surface area contributed by atoms with E-state index in [-0.39, 0.29) is 32.4 Å². The number of Topliss-reactive ketones (excluding diaryl/α,β-unsaturated/α-hetero) is 1. The molecule has 8 N–H and O–H groups in total. The van der Waals surface area contributed by atoms with Crippen LogP contribution in [-0.4, -0.2) is 136 Å². The number of likely N-dealkylation sites (tertiary alicyclic amines) is 1. The molecule has 6 unspecified atom stereocenters. The van der Waals surface area contributed by atoms with Gasteiger partial charge >= 0.3 is 17.9 Å². The van der Waals surface area contributed by atoms with E-state index in [2.05, 4.69) is 45.1 Å². The number of carboxylic acid groups (broad SMARTS) is 2. The lowest BCUT2D eigenvalue weighted by atomic mass is 9.98. The maximum atomic E-state index is 14.0. The van der Waals surface area contributed by atoms with Crippen LogP contribution in [0.1, 0.15) is 79.6 Å². The molecular weight excluding hydrogens is 778 g/mol. The molecule has 0 saturated carbocycles. The molecule has 0 radical (unpaired) electrons. The van der Waals surface area contributed by atoms with Crippen LogP contribution < -0.4 is 31.9 Å². The summed E-state index contributed by atoms with van der Waals surface area (Å²) in [6.45, 7) is 13.9. The number of amides is 7. The summed E-state index contributed by atoms with van der Waals surface area (Å²) in [6.07, 6.45) is 1.14. The molecule has 59 heavy (non-hydrogen) atoms. The predicted octanol–water partition coefficient (Wildman–Crippen LogP) is -1.55. The van der Waals surface area contributed by atoms with Crippen molar-refractivity contribution in [3.05, 3.63) is 25.3 Å². The molecule has 1 aliphatic rings. The van der Waals surface area contributed by atoms with Gasteiger partial charge in [-0.25, -0.2) is 0 Å². The number of nitrogens with one attached hydrogen (secondary N) is 6. The molecule has 6 atom stereocenters. The lowest BCUT2D eigenvalue weighted by molar-refractivity contribution is -0.145. The Hall–Kier alpha value is -6.15. The molecule has 0 bridgehead atoms. The van der Waals surface area contributed by atoms with E-state index in [9.17, 15) is 57.8 Å². The third-order valence-electron chi connectivity index (χ3n) is 8.95. The first kappa shape index (κ1) is 50.9. The lowest BCUT2D eigenvalue weighted by Gasteiger charge is -2.33. The minimum absolute atomic E-state index is 0.102. The van der Waals surface area contributed by atoms with Gasteiger partial charge in [0.15, 0.2) is 0 Å². The summed E-state index contributed by atoms with van der Waals surface area (Å²) < 4.78 is 4.76. The molecule has 1 rings (SSSR count). The number of nitrogens with zero attached hydrogens (tertiary/aromatic N) is 1. The molecule has 21 heteroatoms. The van der Waals surface area contributed by atoms with E-state index in [4.69, 9.17) is 9.84 Å². The number of ether oxygens (including phenoxy) is 1. The molecular formula is C38H57N7O14. The second-order valence-electron chi connectivity index (χ2n) is 14.4. The van der Waals surface area contributed by atoms with Crippen LogP contribution in [0.15, 0.2) is 25.3 Å². The Bertz CT molecular complexity index is 1610. The molecule has 1 saturated heterocycles. The Morgan fingerprint density at radius 1 is 0.729 bits per heavy atom. The fraction of sp³-hybridized carbons (Fsp3) is 0.605. The normalized spacial score (nSPS) is 15.9. The zero-order chi connectivity index (χ0) is 45.0. The minimum Gasteiger partial charge on any atom is -0.481 e. The highest BCUT2D eigenvalue weighted by Crippen LogP contribution is 2.21. The van der Waals surface area contributed by atoms with Crippen molar-refractivity contribution in [1.29, 1.82) is 0 Å². The molecule has 0 aromatic rings. The Morgan fingerprint density at radius 2 is 1.27 bits per heavy atom. The first-order chi connectivity index (χ1) is 27.6. The van der Waals surface area contributed by atoms with Gasteiger partial charge in [0.1, 0.15) is 49.4 Å². The summed E-state index contributed by atoms with van der Waals surface area (Å²) in [6, 6.07) is -7.97. The van der Waals surface area contributed by atoms with Crippen molar-refractivity contribution in [3.8, 4) is 0 Å². The topological polar surface area (TPSA) is 313 Å². The van der Waals surface area contributed by atoms with Crippen LogP contribution in [0.2, 0.25) is 0 Å². The summed E-state index contributed by atoms with van der Waals surface area (Å²) >= 11 is 0. The number of ketones is 1. The monoisotopic (exact) mass is 835 g/mol. The van der Waals surface area contributed by atoms with Gasteiger partial charge in [-0.2, -0.15) is 0 Å². The van der Waals surface area contributed by atoms with Crippen molar-refractivity contribution in [3.63, 3.8) is 0 Å². The molecule has 0 aliphatic carbocycles. The summed E-state index contributed by atoms with van der Waals surface area (Å²) in [5, 5.41) is 32.7. The fourth-order valence-corrected chi connectivity index (χ4v) is 5.88. The second kappa shape index (κ2) is 25.3. The van der Waals surface area contributed by atoms with Crippen LogP contribution in [0.4, 0.5) is 0 Å². The molecule has 1 aliphatic heterocycles. The number of rotatable bonds is 26. The predicted molar refractivity (Wildman–Crippen MR) is 207 cm³/mol. The highest BCUT2D eigenvalue weighted by molar-refractivity contribution is 6.38. The largest absolute Gasteiger partial charge is 0.481 e. The van der Waals surface area contributed by atoms with Gasteiger partial charge in [-0.15, -0.1) is 6.58 Å². The van der Waals surface area contributed by atoms with E-state index >= 15 is 0 Å². The standard InChI is InChI=1S/C38H57N7O14/c1-8-11-23(32(52)37(57)39-19-29(51)59-18-9-2)41-35(55)26-12-10-17-45(26)38(58)31(21(5)6)44-36(56)30(20(3)4)43-34(54)25(14-16-28(49)50)42-33(53)24(40-22(7)46)13-15-27(47)48/h8-9,20-21,23-26,30-31H,1-2,10-19H2,3-7H3,(H,39,57)(H,40,46)(H,41,55)(H,42,53)(H,43,54)(H,44,56)(H,47,48)(H,49,50). The molecule has 1 heterocycles. The van der Waals surface area contributed by atoms with Crippen molar-refractivity contribution in [1.82, 2.24) is 36.8 Å². The molecule has 7 amide bonds. The number of aliphatic carboxylic acids is 2. The highest BCUT2D eigenvalue weighted by Gasteiger charge is 2.41. The number of esters is 1. The van der Waals surface area contributed by atoms with Crippen molar-refractivity contribution in [2.45, 2.75) is 116 Å². The number of hydrogen-bond acceptors (Lipinski definition) is 12. The molecule has 1 fully saturated rings. The summed E-state index contributed by atoms with van der Waals surface area (Å²) in [5.41, 5.74) is 0. The third kappa shape index (κ3) is 17.5. The van der Waals surface area contributed by atoms with Crippen LogP contribution in [0.5, 0.6) is 0 Å². The van der Waals surface area contributed by atoms with E-state index in [1.165, 1.54) is 17.1 Å². The molecule has 328 valence electrons. The van der Waals surface area contributed by atoms with Gasteiger partial charge < -0.3 is 51.8 Å². The fourth-order valence-electron chi connectivity index (χ4n) is 5.88. The van der Waals surface area contributed by atoms with Crippen LogP contribution in [0.25, 0.3) is 0 Å². The zero-order valence-corrected chi connectivity index (χ0v) is 34.0. The van der Waals surface area contributed by atoms with E-state index in [1.807, 2.05) is 0 Å². The zero-order valence-electron chi connectivity index (χ0n) is 34.0. The first-order valence-corrected chi connectivity index (χ1v) is 19.1. The van der Waals surface area contributed by atoms with Gasteiger partial charge in [0, 0.05) is 26.3 Å². The summed E-state index contributed by atoms with van der Waals surface area (Å²) in [7, 11) is 0. The Labute approximate surface area is 341 Å². The SMILES string of the molecule is C=CCOC(=O)CNC(=O)C(=O)C(CC=C)NC(=O)C1CCCN1C(=O)C(NC(=O)C(NC(=O)C(CCC(=O)O)NC(=O)C(CCC(=O)O)NC(C)=O)C(C)C)C(C)C. The highest BCUT2D eigenvalue weighted by atomic mass is 16.5. The van der Waals surface area contributed by atoms with Gasteiger partial charge in [0.05, 0.1) is 0 Å². The second-order valence-corrected chi connectivity index (χ2v) is 14.4. The van der Waals surface area contributed by atoms with Gasteiger partial charge in [0.25, 0.3) is 5.91 Å². The van der Waals surface area contributed by atoms with Gasteiger partial charge in [-0.05, 0) is 43.9 Å². The molecule has 21 nitrogen and oxygen atoms in total. The van der Waals surface area contributed by atoms with E-state index in [1.54, 1.807) is 27.7 Å². The minimum atomic E-state index is -1.54. The number of carbonyl (C=O) groups excluding carboxylic acids is 9. The number of carbonyl (C=O) groups is 11. The average Bonchev–Trinajstić information content (AvgIpc) is 3.66. The Kier molecular flexibility index (Phi) is 21.8. The van der Waals surface area contributed by atoms with Crippen molar-refractivity contribution in [2.75, 3.05) is 19.7 Å². The molecule has 0 aromatic heterocycles. The van der Waals surface area contributed by atoms with Crippen molar-refractivity contribution < 1.29 is 67.7 Å². The van der Waals surface area contributed by atoms with E-state index < -0.39 is 139 Å². The summed E-state index contributed by atoms with van der Waals surface area (Å²) in [4.78, 5) is 141. The molecule has 0 aromatic carbocycles. The van der Waals surface area contributed by atoms with Crippen molar-refractivity contribution in [2.24, 2.45) is 11.8 Å². The average molecular weight is 836 g/mol. The van der Waals surface area contributed by atoms with E-state index in [0.29, 0.717) is 6.42 Å². The van der Waals surface area contributed by atoms with E-state index in [0.717, 1.165) is 6.92 Å². The van der Waals surface area contributed by atoms with Gasteiger partial charge in [-0.1, -0.05) is 46.4 Å². The third-order valence-corrected chi connectivity index (χ3v) is 8.95. The van der Waals surface area contributed by atoms with Gasteiger partial charge in [-0.3, -0.25) is 52.7 Å². The van der Waals surface area contributed by atoms with Crippen molar-refractivity contribution >= 4 is 65.0 Å². The lowest BCUT2D eigenvalue weighted by Crippen LogP contribution is -2.61. The number of carboxylic acids is 2. The first-order valence-electron chi connectivity index (χ1n) is 19.1. The Balaban J connectivity index is 3.20. The van der Waals surface area contributed by atoms with Crippen LogP contribution in [-0.2, 0) is 57.5 Å². The number of hydrogen-bond donors (Lipinski definition) is 8. The van der Waals surface area contributed by atoms with Crippen LogP contribution >= 0.6 is 0 Å². The van der Waals surface area contributed by atoms with Crippen LogP contribution in [0, 0.1) is 11.8 Å². The van der Waals surface area contributed by atoms with Gasteiger partial charge in [0.2, 0.25) is 41.2 Å². The van der Waals surface area contributed by atoms with Crippen LogP contribution in [0.3, 0.4) is 0 Å². The molecule has 0 spiro atoms. The quantitative estimate of drug-likeness (QED) is 0.0278. The summed E-state index contributed by atoms with van der Waals surface area (Å²) in [5.74, 6) is -11.6.